The zero-order valence-electron chi connectivity index (χ0n) is 29.2. The quantitative estimate of drug-likeness (QED) is 0.0321. The highest BCUT2D eigenvalue weighted by Crippen LogP contribution is 2.52. The molecule has 0 bridgehead atoms. The lowest BCUT2D eigenvalue weighted by Gasteiger charge is -2.28. The highest BCUT2D eigenvalue weighted by Gasteiger charge is 2.50. The molecular formula is C43H39ClN3O4+. The van der Waals surface area contributed by atoms with Gasteiger partial charge in [0.25, 0.3) is 6.47 Å². The third kappa shape index (κ3) is 5.98. The molecule has 51 heavy (non-hydrogen) atoms. The average Bonchev–Trinajstić information content (AvgIpc) is 3.49. The van der Waals surface area contributed by atoms with Crippen LogP contribution in [-0.2, 0) is 25.2 Å². The van der Waals surface area contributed by atoms with Crippen molar-refractivity contribution in [3.8, 4) is 18.4 Å². The number of carbonyl (C=O) groups excluding carboxylic acids is 1. The number of carboxylic acid groups (broad SMARTS) is 1. The number of ether oxygens (including phenoxy) is 1. The second-order valence-corrected chi connectivity index (χ2v) is 14.1. The molecule has 1 atom stereocenters. The number of hydrogen-bond acceptors (Lipinski definition) is 5. The first-order valence-electron chi connectivity index (χ1n) is 16.9. The SMILES string of the molecule is C#CCC1(C)/C(=C/C=C(Cl)/C=C(\C#N)C2=[N+](CCC(=O)O)c3c(c4ccccc4c4ccccc34)C2(C)C)N(CCOC=O)c2c(C)cccc21. The molecule has 6 rings (SSSR count). The van der Waals surface area contributed by atoms with Crippen molar-refractivity contribution in [2.24, 2.45) is 0 Å². The van der Waals surface area contributed by atoms with E-state index in [1.165, 1.54) is 0 Å². The van der Waals surface area contributed by atoms with Crippen LogP contribution in [0.25, 0.3) is 21.5 Å². The Kier molecular flexibility index (Phi) is 9.62. The number of para-hydroxylation sites is 1. The number of hydrogen-bond donors (Lipinski definition) is 1. The molecule has 4 aromatic rings. The molecule has 1 unspecified atom stereocenters. The van der Waals surface area contributed by atoms with Gasteiger partial charge in [0.05, 0.1) is 17.3 Å². The zero-order valence-corrected chi connectivity index (χ0v) is 29.9. The van der Waals surface area contributed by atoms with Crippen LogP contribution in [0, 0.1) is 30.6 Å². The molecule has 2 aliphatic heterocycles. The summed E-state index contributed by atoms with van der Waals surface area (Å²) in [6.07, 6.45) is 11.6. The van der Waals surface area contributed by atoms with E-state index in [1.807, 2.05) is 54.0 Å². The van der Waals surface area contributed by atoms with Crippen LogP contribution in [0.5, 0.6) is 0 Å². The van der Waals surface area contributed by atoms with Gasteiger partial charge in [0.15, 0.2) is 6.54 Å². The van der Waals surface area contributed by atoms with E-state index in [4.69, 9.17) is 22.8 Å². The first-order valence-corrected chi connectivity index (χ1v) is 17.2. The fourth-order valence-electron chi connectivity index (χ4n) is 8.12. The van der Waals surface area contributed by atoms with Gasteiger partial charge in [-0.1, -0.05) is 72.3 Å². The van der Waals surface area contributed by atoms with Gasteiger partial charge in [0.1, 0.15) is 24.7 Å². The van der Waals surface area contributed by atoms with Crippen molar-refractivity contribution in [2.45, 2.75) is 51.4 Å². The standard InChI is InChI=1S/C43H38ClN3O4/c1-6-21-43(5)35-17-11-12-28(2)39(35)46(23-24-51-27-48)36(43)19-18-30(44)25-29(26-45)41-42(3,4)38-33-15-9-7-13-31(33)32-14-8-10-16-34(32)40(38)47(41)22-20-37(49)50/h1,7-19,25,27H,20-24H2,2-5H3/p+1. The van der Waals surface area contributed by atoms with Crippen molar-refractivity contribution in [3.63, 3.8) is 0 Å². The number of terminal acetylenes is 1. The third-order valence-electron chi connectivity index (χ3n) is 10.2. The number of aryl methyl sites for hydroxylation is 1. The Balaban J connectivity index is 1.53. The topological polar surface area (TPSA) is 93.6 Å². The maximum Gasteiger partial charge on any atom is 0.309 e. The van der Waals surface area contributed by atoms with Crippen molar-refractivity contribution >= 4 is 62.7 Å². The maximum atomic E-state index is 12.0. The van der Waals surface area contributed by atoms with Crippen molar-refractivity contribution in [3.05, 3.63) is 118 Å². The molecule has 2 heterocycles. The summed E-state index contributed by atoms with van der Waals surface area (Å²) in [4.78, 5) is 25.1. The normalized spacial score (nSPS) is 18.9. The van der Waals surface area contributed by atoms with Gasteiger partial charge in [-0.05, 0) is 79.3 Å². The molecule has 7 nitrogen and oxygen atoms in total. The highest BCUT2D eigenvalue weighted by molar-refractivity contribution is 6.32. The Labute approximate surface area is 303 Å². The Hall–Kier alpha value is -5.63. The summed E-state index contributed by atoms with van der Waals surface area (Å²) in [5.41, 5.74) is 5.79. The largest absolute Gasteiger partial charge is 0.481 e. The summed E-state index contributed by atoms with van der Waals surface area (Å²) in [7, 11) is 0. The average molecular weight is 697 g/mol. The van der Waals surface area contributed by atoms with Gasteiger partial charge in [-0.2, -0.15) is 9.84 Å². The number of allylic oxidation sites excluding steroid dienone is 6. The zero-order chi connectivity index (χ0) is 36.5. The lowest BCUT2D eigenvalue weighted by Crippen LogP contribution is -2.31. The number of carboxylic acids is 1. The van der Waals surface area contributed by atoms with Crippen LogP contribution in [0.4, 0.5) is 11.4 Å². The van der Waals surface area contributed by atoms with E-state index in [-0.39, 0.29) is 19.6 Å². The van der Waals surface area contributed by atoms with E-state index in [2.05, 4.69) is 68.0 Å². The van der Waals surface area contributed by atoms with E-state index in [0.29, 0.717) is 35.8 Å². The lowest BCUT2D eigenvalue weighted by atomic mass is 9.76. The number of aliphatic carboxylic acids is 1. The summed E-state index contributed by atoms with van der Waals surface area (Å²) in [5.74, 6) is 1.92. The Bertz CT molecular complexity index is 2320. The van der Waals surface area contributed by atoms with Crippen LogP contribution < -0.4 is 4.90 Å². The minimum absolute atomic E-state index is 0.119. The number of anilines is 1. The second-order valence-electron chi connectivity index (χ2n) is 13.7. The van der Waals surface area contributed by atoms with Crippen molar-refractivity contribution in [1.82, 2.24) is 0 Å². The van der Waals surface area contributed by atoms with Gasteiger partial charge >= 0.3 is 5.97 Å². The van der Waals surface area contributed by atoms with Gasteiger partial charge in [-0.3, -0.25) is 9.59 Å². The van der Waals surface area contributed by atoms with Gasteiger partial charge in [-0.25, -0.2) is 0 Å². The van der Waals surface area contributed by atoms with Crippen molar-refractivity contribution in [1.29, 1.82) is 5.26 Å². The number of rotatable bonds is 11. The predicted octanol–water partition coefficient (Wildman–Crippen LogP) is 8.58. The lowest BCUT2D eigenvalue weighted by molar-refractivity contribution is -0.435. The van der Waals surface area contributed by atoms with Crippen LogP contribution in [0.15, 0.2) is 101 Å². The molecular weight excluding hydrogens is 658 g/mol. The van der Waals surface area contributed by atoms with Crippen LogP contribution >= 0.6 is 11.6 Å². The molecule has 0 radical (unpaired) electrons. The summed E-state index contributed by atoms with van der Waals surface area (Å²) < 4.78 is 7.10. The van der Waals surface area contributed by atoms with Gasteiger partial charge in [-0.15, -0.1) is 12.3 Å². The summed E-state index contributed by atoms with van der Waals surface area (Å²) >= 11 is 7.00. The van der Waals surface area contributed by atoms with Gasteiger partial charge < -0.3 is 14.7 Å². The summed E-state index contributed by atoms with van der Waals surface area (Å²) in [5, 5.41) is 25.1. The predicted molar refractivity (Wildman–Crippen MR) is 204 cm³/mol. The van der Waals surface area contributed by atoms with E-state index >= 15 is 0 Å². The molecule has 0 aliphatic carbocycles. The fourth-order valence-corrected chi connectivity index (χ4v) is 8.29. The van der Waals surface area contributed by atoms with Crippen molar-refractivity contribution in [2.75, 3.05) is 24.6 Å². The number of carbonyl (C=O) groups is 2. The molecule has 0 fully saturated rings. The second kappa shape index (κ2) is 13.9. The Morgan fingerprint density at radius 3 is 2.35 bits per heavy atom. The van der Waals surface area contributed by atoms with Gasteiger partial charge in [0, 0.05) is 33.8 Å². The number of fused-ring (bicyclic) bond motifs is 7. The molecule has 0 saturated heterocycles. The molecule has 0 spiro atoms. The summed E-state index contributed by atoms with van der Waals surface area (Å²) in [6, 6.07) is 24.9. The highest BCUT2D eigenvalue weighted by atomic mass is 35.5. The van der Waals surface area contributed by atoms with Crippen LogP contribution in [0.1, 0.15) is 50.3 Å². The summed E-state index contributed by atoms with van der Waals surface area (Å²) in [6.45, 7) is 9.51. The van der Waals surface area contributed by atoms with E-state index in [9.17, 15) is 20.0 Å². The van der Waals surface area contributed by atoms with Crippen LogP contribution in [0.3, 0.4) is 0 Å². The van der Waals surface area contributed by atoms with Crippen molar-refractivity contribution < 1.29 is 24.0 Å². The number of benzene rings is 4. The van der Waals surface area contributed by atoms with E-state index < -0.39 is 16.8 Å². The molecule has 0 aromatic heterocycles. The number of halogens is 1. The molecule has 0 saturated carbocycles. The molecule has 8 heteroatoms. The van der Waals surface area contributed by atoms with Gasteiger partial charge in [0.2, 0.25) is 11.4 Å². The van der Waals surface area contributed by atoms with E-state index in [1.54, 1.807) is 12.2 Å². The monoisotopic (exact) mass is 696 g/mol. The van der Waals surface area contributed by atoms with Crippen LogP contribution in [0.2, 0.25) is 0 Å². The minimum atomic E-state index is -0.927. The Morgan fingerprint density at radius 2 is 1.71 bits per heavy atom. The number of nitriles is 1. The number of nitrogens with zero attached hydrogens (tertiary/aromatic N) is 3. The Morgan fingerprint density at radius 1 is 1.04 bits per heavy atom. The van der Waals surface area contributed by atoms with E-state index in [0.717, 1.165) is 55.3 Å². The smallest absolute Gasteiger partial charge is 0.309 e. The fraction of sp³-hybridized carbons (Fsp3) is 0.256. The minimum Gasteiger partial charge on any atom is -0.481 e. The maximum absolute atomic E-state index is 12.0. The van der Waals surface area contributed by atoms with Crippen LogP contribution in [-0.4, -0.2) is 47.5 Å². The third-order valence-corrected chi connectivity index (χ3v) is 10.4. The molecule has 256 valence electrons. The molecule has 1 N–H and O–H groups in total. The molecule has 0 amide bonds. The molecule has 2 aliphatic rings. The molecule has 4 aromatic carbocycles. The first kappa shape index (κ1) is 35.2. The first-order chi connectivity index (χ1) is 24.5.